The third-order valence-corrected chi connectivity index (χ3v) is 2.02. The normalized spacial score (nSPS) is 11.6. The molecule has 0 saturated heterocycles. The Bertz CT molecular complexity index is 384. The minimum absolute atomic E-state index is 0.195. The van der Waals surface area contributed by atoms with E-state index in [4.69, 9.17) is 10.5 Å². The second-order valence-electron chi connectivity index (χ2n) is 3.38. The van der Waals surface area contributed by atoms with E-state index in [9.17, 15) is 9.59 Å². The van der Waals surface area contributed by atoms with Crippen LogP contribution in [0.1, 0.15) is 12.1 Å². The molecule has 1 heterocycles. The fraction of sp³-hybridized carbons (Fsp3) is 0.500. The first-order valence-electron chi connectivity index (χ1n) is 5.17. The van der Waals surface area contributed by atoms with Gasteiger partial charge >= 0.3 is 5.97 Å². The predicted octanol–water partition coefficient (Wildman–Crippen LogP) is -0.451. The van der Waals surface area contributed by atoms with E-state index in [-0.39, 0.29) is 6.61 Å². The van der Waals surface area contributed by atoms with Gasteiger partial charge in [0.25, 0.3) is 0 Å². The first-order chi connectivity index (χ1) is 8.24. The summed E-state index contributed by atoms with van der Waals surface area (Å²) in [6, 6.07) is -0.718. The topological polar surface area (TPSA) is 110 Å². The van der Waals surface area contributed by atoms with Crippen LogP contribution in [0.5, 0.6) is 0 Å². The zero-order valence-corrected chi connectivity index (χ0v) is 9.26. The Morgan fingerprint density at radius 2 is 2.53 bits per heavy atom. The molecular formula is C10H14N4O3. The molecule has 0 aliphatic heterocycles. The molecule has 7 nitrogen and oxygen atoms in total. The number of carbonyl (C=O) groups is 1. The van der Waals surface area contributed by atoms with Crippen molar-refractivity contribution in [1.82, 2.24) is 9.97 Å². The molecule has 17 heavy (non-hydrogen) atoms. The van der Waals surface area contributed by atoms with Gasteiger partial charge in [0.05, 0.1) is 19.5 Å². The number of carbonyl (C=O) groups excluding carboxylic acids is 2. The predicted molar refractivity (Wildman–Crippen MR) is 58.8 cm³/mol. The SMILES string of the molecule is N[C@@H](Cc1cnc[nH]1)C(=O)OCCCN=C=O. The van der Waals surface area contributed by atoms with Gasteiger partial charge in [-0.1, -0.05) is 0 Å². The minimum Gasteiger partial charge on any atom is -0.464 e. The monoisotopic (exact) mass is 238 g/mol. The molecule has 0 aliphatic rings. The Kier molecular flexibility index (Phi) is 5.63. The van der Waals surface area contributed by atoms with Gasteiger partial charge in [-0.3, -0.25) is 4.79 Å². The number of hydrogen-bond donors (Lipinski definition) is 2. The molecule has 0 aliphatic carbocycles. The highest BCUT2D eigenvalue weighted by Gasteiger charge is 2.15. The maximum atomic E-state index is 11.4. The molecule has 0 bridgehead atoms. The summed E-state index contributed by atoms with van der Waals surface area (Å²) in [5.41, 5.74) is 6.42. The number of nitrogens with zero attached hydrogens (tertiary/aromatic N) is 2. The Hall–Kier alpha value is -1.98. The van der Waals surface area contributed by atoms with E-state index >= 15 is 0 Å². The van der Waals surface area contributed by atoms with E-state index in [1.54, 1.807) is 6.20 Å². The van der Waals surface area contributed by atoms with Crippen LogP contribution in [0.15, 0.2) is 17.5 Å². The van der Waals surface area contributed by atoms with Gasteiger partial charge in [0.1, 0.15) is 6.04 Å². The lowest BCUT2D eigenvalue weighted by molar-refractivity contribution is -0.145. The number of ether oxygens (including phenoxy) is 1. The van der Waals surface area contributed by atoms with Crippen molar-refractivity contribution in [2.24, 2.45) is 10.7 Å². The molecule has 1 aromatic heterocycles. The fourth-order valence-electron chi connectivity index (χ4n) is 1.19. The van der Waals surface area contributed by atoms with Crippen LogP contribution in [-0.4, -0.2) is 41.2 Å². The zero-order chi connectivity index (χ0) is 12.5. The molecule has 0 unspecified atom stereocenters. The Labute approximate surface area is 98.1 Å². The van der Waals surface area contributed by atoms with Gasteiger partial charge < -0.3 is 15.5 Å². The highest BCUT2D eigenvalue weighted by atomic mass is 16.5. The van der Waals surface area contributed by atoms with E-state index in [2.05, 4.69) is 15.0 Å². The highest BCUT2D eigenvalue weighted by Crippen LogP contribution is 1.98. The molecule has 0 amide bonds. The molecule has 0 saturated carbocycles. The van der Waals surface area contributed by atoms with Gasteiger partial charge in [-0.15, -0.1) is 0 Å². The molecular weight excluding hydrogens is 224 g/mol. The standard InChI is InChI=1S/C10H14N4O3/c11-9(4-8-5-13-6-14-8)10(16)17-3-1-2-12-7-15/h5-6,9H,1-4,11H2,(H,13,14)/t9-/m0/s1. The van der Waals surface area contributed by atoms with Gasteiger partial charge in [-0.25, -0.2) is 14.8 Å². The van der Waals surface area contributed by atoms with Crippen LogP contribution in [0, 0.1) is 0 Å². The number of aromatic amines is 1. The van der Waals surface area contributed by atoms with Gasteiger partial charge in [0.2, 0.25) is 6.08 Å². The highest BCUT2D eigenvalue weighted by molar-refractivity contribution is 5.75. The average molecular weight is 238 g/mol. The van der Waals surface area contributed by atoms with Gasteiger partial charge in [-0.2, -0.15) is 0 Å². The molecule has 1 aromatic rings. The molecule has 7 heteroatoms. The quantitative estimate of drug-likeness (QED) is 0.289. The molecule has 92 valence electrons. The second-order valence-corrected chi connectivity index (χ2v) is 3.38. The number of imidazole rings is 1. The van der Waals surface area contributed by atoms with E-state index in [1.165, 1.54) is 12.4 Å². The van der Waals surface area contributed by atoms with Crippen LogP contribution < -0.4 is 5.73 Å². The number of hydrogen-bond acceptors (Lipinski definition) is 6. The number of isocyanates is 1. The number of esters is 1. The van der Waals surface area contributed by atoms with Crippen molar-refractivity contribution in [3.63, 3.8) is 0 Å². The third-order valence-electron chi connectivity index (χ3n) is 2.02. The molecule has 0 radical (unpaired) electrons. The number of aliphatic imine (C=N–C) groups is 1. The summed E-state index contributed by atoms with van der Waals surface area (Å²) in [6.07, 6.45) is 5.37. The maximum Gasteiger partial charge on any atom is 0.323 e. The minimum atomic E-state index is -0.718. The van der Waals surface area contributed by atoms with Crippen molar-refractivity contribution in [2.45, 2.75) is 18.9 Å². The summed E-state index contributed by atoms with van der Waals surface area (Å²) in [6.45, 7) is 0.493. The van der Waals surface area contributed by atoms with Crippen LogP contribution in [0.4, 0.5) is 0 Å². The molecule has 0 spiro atoms. The summed E-state index contributed by atoms with van der Waals surface area (Å²) >= 11 is 0. The van der Waals surface area contributed by atoms with Crippen molar-refractivity contribution in [3.05, 3.63) is 18.2 Å². The summed E-state index contributed by atoms with van der Waals surface area (Å²) in [5.74, 6) is -0.477. The van der Waals surface area contributed by atoms with Crippen molar-refractivity contribution in [2.75, 3.05) is 13.2 Å². The smallest absolute Gasteiger partial charge is 0.323 e. The molecule has 3 N–H and O–H groups in total. The van der Waals surface area contributed by atoms with Gasteiger partial charge in [0.15, 0.2) is 0 Å². The molecule has 0 fully saturated rings. The number of nitrogens with two attached hydrogens (primary N) is 1. The summed E-state index contributed by atoms with van der Waals surface area (Å²) < 4.78 is 4.91. The number of nitrogens with one attached hydrogen (secondary N) is 1. The van der Waals surface area contributed by atoms with Crippen LogP contribution in [0.25, 0.3) is 0 Å². The number of aromatic nitrogens is 2. The first kappa shape index (κ1) is 13.1. The summed E-state index contributed by atoms with van der Waals surface area (Å²) in [4.78, 5) is 31.2. The van der Waals surface area contributed by atoms with Gasteiger partial charge in [0, 0.05) is 24.7 Å². The zero-order valence-electron chi connectivity index (χ0n) is 9.26. The van der Waals surface area contributed by atoms with Crippen molar-refractivity contribution in [1.29, 1.82) is 0 Å². The van der Waals surface area contributed by atoms with E-state index in [0.29, 0.717) is 19.4 Å². The summed E-state index contributed by atoms with van der Waals surface area (Å²) in [5, 5.41) is 0. The molecule has 1 atom stereocenters. The lowest BCUT2D eigenvalue weighted by Gasteiger charge is -2.09. The third kappa shape index (κ3) is 5.05. The Balaban J connectivity index is 2.20. The van der Waals surface area contributed by atoms with E-state index in [0.717, 1.165) is 5.69 Å². The van der Waals surface area contributed by atoms with Crippen molar-refractivity contribution >= 4 is 12.0 Å². The van der Waals surface area contributed by atoms with Crippen LogP contribution in [0.3, 0.4) is 0 Å². The number of H-pyrrole nitrogens is 1. The lowest BCUT2D eigenvalue weighted by Crippen LogP contribution is -2.34. The largest absolute Gasteiger partial charge is 0.464 e. The van der Waals surface area contributed by atoms with Crippen LogP contribution in [-0.2, 0) is 20.7 Å². The Morgan fingerprint density at radius 1 is 1.71 bits per heavy atom. The van der Waals surface area contributed by atoms with Gasteiger partial charge in [-0.05, 0) is 0 Å². The summed E-state index contributed by atoms with van der Waals surface area (Å²) in [7, 11) is 0. The Morgan fingerprint density at radius 3 is 3.18 bits per heavy atom. The lowest BCUT2D eigenvalue weighted by atomic mass is 10.2. The first-order valence-corrected chi connectivity index (χ1v) is 5.17. The maximum absolute atomic E-state index is 11.4. The molecule has 1 rings (SSSR count). The van der Waals surface area contributed by atoms with Crippen molar-refractivity contribution < 1.29 is 14.3 Å². The van der Waals surface area contributed by atoms with Crippen LogP contribution >= 0.6 is 0 Å². The van der Waals surface area contributed by atoms with E-state index < -0.39 is 12.0 Å². The number of rotatable bonds is 7. The van der Waals surface area contributed by atoms with Crippen molar-refractivity contribution in [3.8, 4) is 0 Å². The fourth-order valence-corrected chi connectivity index (χ4v) is 1.19. The molecule has 0 aromatic carbocycles. The average Bonchev–Trinajstić information content (AvgIpc) is 2.81. The second kappa shape index (κ2) is 7.32. The van der Waals surface area contributed by atoms with Crippen LogP contribution in [0.2, 0.25) is 0 Å². The van der Waals surface area contributed by atoms with E-state index in [1.807, 2.05) is 0 Å².